The molecule has 0 saturated heterocycles. The summed E-state index contributed by atoms with van der Waals surface area (Å²) in [5, 5.41) is 5.56. The molecule has 27 heavy (non-hydrogen) atoms. The fraction of sp³-hybridized carbons (Fsp3) is 0.150. The van der Waals surface area contributed by atoms with Crippen molar-refractivity contribution in [1.82, 2.24) is 9.97 Å². The van der Waals surface area contributed by atoms with E-state index in [2.05, 4.69) is 20.6 Å². The van der Waals surface area contributed by atoms with E-state index in [1.807, 2.05) is 32.0 Å². The number of aromatic nitrogens is 2. The highest BCUT2D eigenvalue weighted by Gasteiger charge is 2.13. The number of amides is 1. The van der Waals surface area contributed by atoms with Crippen LogP contribution in [0, 0.1) is 32.4 Å². The summed E-state index contributed by atoms with van der Waals surface area (Å²) >= 11 is 0. The van der Waals surface area contributed by atoms with Crippen molar-refractivity contribution in [2.75, 3.05) is 10.6 Å². The van der Waals surface area contributed by atoms with E-state index in [0.29, 0.717) is 11.5 Å². The molecule has 0 aliphatic heterocycles. The maximum Gasteiger partial charge on any atom is 0.274 e. The van der Waals surface area contributed by atoms with Crippen LogP contribution in [-0.4, -0.2) is 15.9 Å². The number of aryl methyl sites for hydroxylation is 3. The van der Waals surface area contributed by atoms with Crippen LogP contribution in [0.15, 0.2) is 42.5 Å². The van der Waals surface area contributed by atoms with Crippen LogP contribution < -0.4 is 10.6 Å². The largest absolute Gasteiger partial charge is 0.338 e. The summed E-state index contributed by atoms with van der Waals surface area (Å²) in [6.07, 6.45) is 0. The monoisotopic (exact) mass is 368 g/mol. The number of hydrogen-bond acceptors (Lipinski definition) is 4. The van der Waals surface area contributed by atoms with E-state index in [1.165, 1.54) is 12.1 Å². The second kappa shape index (κ2) is 7.49. The van der Waals surface area contributed by atoms with Crippen LogP contribution in [-0.2, 0) is 0 Å². The fourth-order valence-electron chi connectivity index (χ4n) is 2.62. The molecule has 2 N–H and O–H groups in total. The van der Waals surface area contributed by atoms with Crippen LogP contribution in [0.1, 0.15) is 27.4 Å². The number of anilines is 3. The Bertz CT molecular complexity index is 1020. The Balaban J connectivity index is 1.85. The molecule has 1 amide bonds. The average molecular weight is 368 g/mol. The van der Waals surface area contributed by atoms with Crippen molar-refractivity contribution in [2.45, 2.75) is 20.8 Å². The van der Waals surface area contributed by atoms with E-state index in [0.717, 1.165) is 23.3 Å². The fourth-order valence-corrected chi connectivity index (χ4v) is 2.62. The summed E-state index contributed by atoms with van der Waals surface area (Å²) in [4.78, 5) is 20.9. The van der Waals surface area contributed by atoms with Gasteiger partial charge in [-0.3, -0.25) is 4.79 Å². The molecule has 0 spiro atoms. The Hall–Kier alpha value is -3.35. The number of hydrogen-bond donors (Lipinski definition) is 2. The molecule has 138 valence electrons. The first-order chi connectivity index (χ1) is 12.8. The average Bonchev–Trinajstić information content (AvgIpc) is 2.59. The lowest BCUT2D eigenvalue weighted by Crippen LogP contribution is -2.16. The highest BCUT2D eigenvalue weighted by atomic mass is 19.1. The number of halogens is 2. The molecule has 0 aliphatic carbocycles. The molecule has 0 aliphatic rings. The maximum absolute atomic E-state index is 13.8. The lowest BCUT2D eigenvalue weighted by Gasteiger charge is -2.11. The minimum atomic E-state index is -0.757. The zero-order valence-corrected chi connectivity index (χ0v) is 15.1. The van der Waals surface area contributed by atoms with Gasteiger partial charge >= 0.3 is 0 Å². The molecule has 0 atom stereocenters. The van der Waals surface area contributed by atoms with Crippen molar-refractivity contribution in [3.8, 4) is 0 Å². The number of carbonyl (C=O) groups excluding carboxylic acids is 1. The lowest BCUT2D eigenvalue weighted by atomic mass is 10.1. The molecular weight excluding hydrogens is 350 g/mol. The van der Waals surface area contributed by atoms with Gasteiger partial charge in [-0.2, -0.15) is 0 Å². The van der Waals surface area contributed by atoms with E-state index in [4.69, 9.17) is 0 Å². The summed E-state index contributed by atoms with van der Waals surface area (Å²) in [6, 6.07) is 10.3. The first kappa shape index (κ1) is 18.4. The number of nitrogens with one attached hydrogen (secondary N) is 2. The van der Waals surface area contributed by atoms with Gasteiger partial charge in [0.05, 0.1) is 5.69 Å². The summed E-state index contributed by atoms with van der Waals surface area (Å²) in [5.41, 5.74) is 2.89. The molecule has 5 nitrogen and oxygen atoms in total. The highest BCUT2D eigenvalue weighted by Crippen LogP contribution is 2.21. The standard InChI is InChI=1S/C20H18F2N4O/c1-11-4-6-16(12(2)8-11)26-20(27)18-10-19(24-13(3)23-18)25-17-7-5-14(21)9-15(17)22/h4-10H,1-3H3,(H,26,27)(H,23,24,25). The third kappa shape index (κ3) is 4.44. The molecule has 0 fully saturated rings. The van der Waals surface area contributed by atoms with Gasteiger partial charge in [-0.1, -0.05) is 17.7 Å². The van der Waals surface area contributed by atoms with Crippen molar-refractivity contribution in [3.63, 3.8) is 0 Å². The Morgan fingerprint density at radius 2 is 1.67 bits per heavy atom. The maximum atomic E-state index is 13.8. The molecular formula is C20H18F2N4O. The van der Waals surface area contributed by atoms with Gasteiger partial charge in [-0.25, -0.2) is 18.7 Å². The SMILES string of the molecule is Cc1ccc(NC(=O)c2cc(Nc3ccc(F)cc3F)nc(C)n2)c(C)c1. The predicted molar refractivity (Wildman–Crippen MR) is 100 cm³/mol. The molecule has 0 unspecified atom stereocenters. The normalized spacial score (nSPS) is 10.6. The van der Waals surface area contributed by atoms with Gasteiger partial charge in [0, 0.05) is 17.8 Å². The van der Waals surface area contributed by atoms with Crippen LogP contribution in [0.3, 0.4) is 0 Å². The second-order valence-electron chi connectivity index (χ2n) is 6.21. The molecule has 0 saturated carbocycles. The Labute approximate surface area is 155 Å². The molecule has 0 radical (unpaired) electrons. The van der Waals surface area contributed by atoms with Gasteiger partial charge in [-0.05, 0) is 44.5 Å². The number of rotatable bonds is 4. The van der Waals surface area contributed by atoms with E-state index < -0.39 is 17.5 Å². The third-order valence-corrected chi connectivity index (χ3v) is 3.89. The van der Waals surface area contributed by atoms with E-state index >= 15 is 0 Å². The molecule has 2 aromatic carbocycles. The number of nitrogens with zero attached hydrogens (tertiary/aromatic N) is 2. The number of carbonyl (C=O) groups is 1. The Morgan fingerprint density at radius 3 is 2.37 bits per heavy atom. The van der Waals surface area contributed by atoms with Crippen LogP contribution in [0.5, 0.6) is 0 Å². The highest BCUT2D eigenvalue weighted by molar-refractivity contribution is 6.03. The van der Waals surface area contributed by atoms with Gasteiger partial charge in [0.1, 0.15) is 29.0 Å². The van der Waals surface area contributed by atoms with Gasteiger partial charge < -0.3 is 10.6 Å². The third-order valence-electron chi connectivity index (χ3n) is 3.89. The quantitative estimate of drug-likeness (QED) is 0.702. The van der Waals surface area contributed by atoms with Crippen LogP contribution in [0.25, 0.3) is 0 Å². The first-order valence-corrected chi connectivity index (χ1v) is 8.28. The van der Waals surface area contributed by atoms with Gasteiger partial charge in [0.25, 0.3) is 5.91 Å². The van der Waals surface area contributed by atoms with Gasteiger partial charge in [0.2, 0.25) is 0 Å². The smallest absolute Gasteiger partial charge is 0.274 e. The van der Waals surface area contributed by atoms with E-state index in [-0.39, 0.29) is 17.2 Å². The van der Waals surface area contributed by atoms with Gasteiger partial charge in [0.15, 0.2) is 0 Å². The molecule has 3 rings (SSSR count). The second-order valence-corrected chi connectivity index (χ2v) is 6.21. The topological polar surface area (TPSA) is 66.9 Å². The van der Waals surface area contributed by atoms with Crippen molar-refractivity contribution in [1.29, 1.82) is 0 Å². The lowest BCUT2D eigenvalue weighted by molar-refractivity contribution is 0.102. The Kier molecular flexibility index (Phi) is 5.12. The van der Waals surface area contributed by atoms with Crippen molar-refractivity contribution in [2.24, 2.45) is 0 Å². The zero-order chi connectivity index (χ0) is 19.6. The Morgan fingerprint density at radius 1 is 0.926 bits per heavy atom. The molecule has 3 aromatic rings. The van der Waals surface area contributed by atoms with Crippen LogP contribution >= 0.6 is 0 Å². The molecule has 0 bridgehead atoms. The van der Waals surface area contributed by atoms with Gasteiger partial charge in [-0.15, -0.1) is 0 Å². The van der Waals surface area contributed by atoms with Crippen molar-refractivity contribution >= 4 is 23.1 Å². The summed E-state index contributed by atoms with van der Waals surface area (Å²) in [7, 11) is 0. The van der Waals surface area contributed by atoms with Crippen LogP contribution in [0.4, 0.5) is 26.0 Å². The molecule has 1 aromatic heterocycles. The number of benzene rings is 2. The van der Waals surface area contributed by atoms with Crippen LogP contribution in [0.2, 0.25) is 0 Å². The van der Waals surface area contributed by atoms with E-state index in [9.17, 15) is 13.6 Å². The van der Waals surface area contributed by atoms with Crippen molar-refractivity contribution < 1.29 is 13.6 Å². The predicted octanol–water partition coefficient (Wildman–Crippen LogP) is 4.68. The summed E-state index contributed by atoms with van der Waals surface area (Å²) < 4.78 is 26.9. The molecule has 1 heterocycles. The summed E-state index contributed by atoms with van der Waals surface area (Å²) in [6.45, 7) is 5.50. The van der Waals surface area contributed by atoms with E-state index in [1.54, 1.807) is 6.92 Å². The minimum absolute atomic E-state index is 0.0511. The molecule has 7 heteroatoms. The summed E-state index contributed by atoms with van der Waals surface area (Å²) in [5.74, 6) is -1.26. The minimum Gasteiger partial charge on any atom is -0.338 e. The van der Waals surface area contributed by atoms with Crippen molar-refractivity contribution in [3.05, 3.63) is 76.7 Å². The first-order valence-electron chi connectivity index (χ1n) is 8.28. The zero-order valence-electron chi connectivity index (χ0n) is 15.1.